The van der Waals surface area contributed by atoms with Crippen molar-refractivity contribution in [2.75, 3.05) is 44.7 Å². The molecular formula is C24H26ClN7O3. The van der Waals surface area contributed by atoms with Crippen LogP contribution in [0.3, 0.4) is 0 Å². The van der Waals surface area contributed by atoms with E-state index in [2.05, 4.69) is 20.4 Å². The first-order chi connectivity index (χ1) is 17.0. The Kier molecular flexibility index (Phi) is 6.65. The molecular weight excluding hydrogens is 470 g/mol. The van der Waals surface area contributed by atoms with E-state index in [1.54, 1.807) is 28.8 Å². The van der Waals surface area contributed by atoms with E-state index in [-0.39, 0.29) is 24.2 Å². The van der Waals surface area contributed by atoms with Gasteiger partial charge >= 0.3 is 0 Å². The average Bonchev–Trinajstić information content (AvgIpc) is 3.51. The number of rotatable bonds is 6. The zero-order chi connectivity index (χ0) is 24.4. The van der Waals surface area contributed by atoms with E-state index in [9.17, 15) is 9.59 Å². The third kappa shape index (κ3) is 4.98. The largest absolute Gasteiger partial charge is 0.497 e. The fourth-order valence-electron chi connectivity index (χ4n) is 4.57. The summed E-state index contributed by atoms with van der Waals surface area (Å²) in [6.07, 6.45) is 0.228. The molecule has 2 fully saturated rings. The molecule has 1 atom stereocenters. The first kappa shape index (κ1) is 23.3. The smallest absolute Gasteiger partial charge is 0.228 e. The number of amides is 2. The molecule has 1 unspecified atom stereocenters. The Morgan fingerprint density at radius 2 is 1.86 bits per heavy atom. The Bertz CT molecular complexity index is 1210. The number of methoxy groups -OCH3 is 1. The number of hydrogen-bond acceptors (Lipinski definition) is 7. The van der Waals surface area contributed by atoms with Crippen LogP contribution in [0.15, 0.2) is 48.5 Å². The van der Waals surface area contributed by atoms with Crippen molar-refractivity contribution < 1.29 is 14.3 Å². The SMILES string of the molecule is COc1cccc(N2CC(C(=O)N3CCN(Cc4nnnn4-c4ccc(Cl)cc4)CC3)CC2=O)c1. The highest BCUT2D eigenvalue weighted by molar-refractivity contribution is 6.30. The number of hydrogen-bond donors (Lipinski definition) is 0. The van der Waals surface area contributed by atoms with Gasteiger partial charge in [0.05, 0.1) is 25.3 Å². The fraction of sp³-hybridized carbons (Fsp3) is 0.375. The Labute approximate surface area is 208 Å². The van der Waals surface area contributed by atoms with Crippen molar-refractivity contribution in [1.29, 1.82) is 0 Å². The minimum atomic E-state index is -0.336. The van der Waals surface area contributed by atoms with Crippen LogP contribution < -0.4 is 9.64 Å². The lowest BCUT2D eigenvalue weighted by molar-refractivity contribution is -0.137. The van der Waals surface area contributed by atoms with Crippen molar-refractivity contribution in [2.45, 2.75) is 13.0 Å². The Morgan fingerprint density at radius 3 is 2.60 bits per heavy atom. The topological polar surface area (TPSA) is 96.7 Å². The predicted octanol–water partition coefficient (Wildman–Crippen LogP) is 2.02. The average molecular weight is 496 g/mol. The molecule has 2 aromatic carbocycles. The molecule has 0 bridgehead atoms. The summed E-state index contributed by atoms with van der Waals surface area (Å²) in [7, 11) is 1.59. The van der Waals surface area contributed by atoms with E-state index in [1.807, 2.05) is 41.3 Å². The number of anilines is 1. The molecule has 2 aliphatic heterocycles. The van der Waals surface area contributed by atoms with Crippen molar-refractivity contribution >= 4 is 29.1 Å². The number of tetrazole rings is 1. The molecule has 5 rings (SSSR count). The maximum atomic E-state index is 13.2. The minimum absolute atomic E-state index is 0.0365. The zero-order valence-electron chi connectivity index (χ0n) is 19.4. The summed E-state index contributed by atoms with van der Waals surface area (Å²) in [4.78, 5) is 31.6. The van der Waals surface area contributed by atoms with Crippen LogP contribution in [0.2, 0.25) is 5.02 Å². The van der Waals surface area contributed by atoms with Gasteiger partial charge in [0, 0.05) is 55.9 Å². The lowest BCUT2D eigenvalue weighted by atomic mass is 10.1. The van der Waals surface area contributed by atoms with Crippen molar-refractivity contribution in [1.82, 2.24) is 30.0 Å². The molecule has 0 N–H and O–H groups in total. The van der Waals surface area contributed by atoms with Crippen LogP contribution in [-0.2, 0) is 16.1 Å². The number of carbonyl (C=O) groups is 2. The molecule has 182 valence electrons. The molecule has 3 heterocycles. The van der Waals surface area contributed by atoms with Crippen LogP contribution in [0.5, 0.6) is 5.75 Å². The number of nitrogens with zero attached hydrogens (tertiary/aromatic N) is 7. The van der Waals surface area contributed by atoms with E-state index in [1.165, 1.54) is 0 Å². The van der Waals surface area contributed by atoms with Crippen LogP contribution in [0.4, 0.5) is 5.69 Å². The Morgan fingerprint density at radius 1 is 1.09 bits per heavy atom. The van der Waals surface area contributed by atoms with E-state index in [4.69, 9.17) is 16.3 Å². The second-order valence-corrected chi connectivity index (χ2v) is 9.13. The number of aromatic nitrogens is 4. The molecule has 10 nitrogen and oxygen atoms in total. The zero-order valence-corrected chi connectivity index (χ0v) is 20.1. The van der Waals surface area contributed by atoms with Crippen LogP contribution in [-0.4, -0.2) is 81.7 Å². The summed E-state index contributed by atoms with van der Waals surface area (Å²) >= 11 is 5.99. The van der Waals surface area contributed by atoms with E-state index < -0.39 is 0 Å². The Balaban J connectivity index is 1.17. The standard InChI is InChI=1S/C24H26ClN7O3/c1-35-21-4-2-3-20(14-21)31-15-17(13-23(31)33)24(34)30-11-9-29(10-12-30)16-22-26-27-28-32(22)19-7-5-18(25)6-8-19/h2-8,14,17H,9-13,15-16H2,1H3. The van der Waals surface area contributed by atoms with Gasteiger partial charge in [0.2, 0.25) is 11.8 Å². The highest BCUT2D eigenvalue weighted by atomic mass is 35.5. The summed E-state index contributed by atoms with van der Waals surface area (Å²) < 4.78 is 6.97. The predicted molar refractivity (Wildman–Crippen MR) is 129 cm³/mol. The summed E-state index contributed by atoms with van der Waals surface area (Å²) in [6, 6.07) is 14.7. The molecule has 0 radical (unpaired) electrons. The number of carbonyl (C=O) groups excluding carboxylic acids is 2. The highest BCUT2D eigenvalue weighted by Crippen LogP contribution is 2.29. The number of benzene rings is 2. The maximum Gasteiger partial charge on any atom is 0.228 e. The minimum Gasteiger partial charge on any atom is -0.497 e. The van der Waals surface area contributed by atoms with Gasteiger partial charge in [0.1, 0.15) is 5.75 Å². The molecule has 0 aliphatic carbocycles. The monoisotopic (exact) mass is 495 g/mol. The van der Waals surface area contributed by atoms with Crippen molar-refractivity contribution in [3.63, 3.8) is 0 Å². The third-order valence-electron chi connectivity index (χ3n) is 6.49. The van der Waals surface area contributed by atoms with Gasteiger partial charge in [-0.2, -0.15) is 4.68 Å². The van der Waals surface area contributed by atoms with E-state index in [0.29, 0.717) is 50.0 Å². The molecule has 3 aromatic rings. The fourth-order valence-corrected chi connectivity index (χ4v) is 4.70. The molecule has 0 spiro atoms. The molecule has 0 saturated carbocycles. The summed E-state index contributed by atoms with van der Waals surface area (Å²) in [6.45, 7) is 3.58. The quantitative estimate of drug-likeness (QED) is 0.516. The van der Waals surface area contributed by atoms with Crippen LogP contribution >= 0.6 is 11.6 Å². The molecule has 1 aromatic heterocycles. The lowest BCUT2D eigenvalue weighted by Crippen LogP contribution is -2.50. The van der Waals surface area contributed by atoms with Crippen LogP contribution in [0.1, 0.15) is 12.2 Å². The number of piperazine rings is 1. The summed E-state index contributed by atoms with van der Waals surface area (Å²) in [5.74, 6) is 1.07. The normalized spacial score (nSPS) is 18.8. The Hall–Kier alpha value is -3.50. The summed E-state index contributed by atoms with van der Waals surface area (Å²) in [5.41, 5.74) is 1.60. The van der Waals surface area contributed by atoms with Gasteiger partial charge in [-0.05, 0) is 46.8 Å². The van der Waals surface area contributed by atoms with E-state index >= 15 is 0 Å². The van der Waals surface area contributed by atoms with Gasteiger partial charge in [-0.25, -0.2) is 0 Å². The van der Waals surface area contributed by atoms with Gasteiger partial charge in [-0.3, -0.25) is 14.5 Å². The first-order valence-corrected chi connectivity index (χ1v) is 11.9. The molecule has 2 saturated heterocycles. The first-order valence-electron chi connectivity index (χ1n) is 11.5. The number of ether oxygens (including phenoxy) is 1. The van der Waals surface area contributed by atoms with Crippen LogP contribution in [0, 0.1) is 5.92 Å². The molecule has 2 aliphatic rings. The van der Waals surface area contributed by atoms with Crippen LogP contribution in [0.25, 0.3) is 5.69 Å². The van der Waals surface area contributed by atoms with E-state index in [0.717, 1.165) is 17.2 Å². The second kappa shape index (κ2) is 10.0. The highest BCUT2D eigenvalue weighted by Gasteiger charge is 2.38. The van der Waals surface area contributed by atoms with Gasteiger partial charge in [-0.15, -0.1) is 5.10 Å². The van der Waals surface area contributed by atoms with Crippen molar-refractivity contribution in [3.8, 4) is 11.4 Å². The molecule has 11 heteroatoms. The lowest BCUT2D eigenvalue weighted by Gasteiger charge is -2.35. The summed E-state index contributed by atoms with van der Waals surface area (Å²) in [5, 5.41) is 12.8. The van der Waals surface area contributed by atoms with Crippen molar-refractivity contribution in [2.24, 2.45) is 5.92 Å². The van der Waals surface area contributed by atoms with Gasteiger partial charge in [0.25, 0.3) is 0 Å². The molecule has 2 amide bonds. The van der Waals surface area contributed by atoms with Gasteiger partial charge < -0.3 is 14.5 Å². The van der Waals surface area contributed by atoms with Gasteiger partial charge in [-0.1, -0.05) is 17.7 Å². The third-order valence-corrected chi connectivity index (χ3v) is 6.75. The molecule has 35 heavy (non-hydrogen) atoms. The van der Waals surface area contributed by atoms with Gasteiger partial charge in [0.15, 0.2) is 5.82 Å². The maximum absolute atomic E-state index is 13.2. The van der Waals surface area contributed by atoms with Crippen molar-refractivity contribution in [3.05, 3.63) is 59.4 Å². The second-order valence-electron chi connectivity index (χ2n) is 8.69. The number of halogens is 1.